The Hall–Kier alpha value is -2.07. The van der Waals surface area contributed by atoms with E-state index in [4.69, 9.17) is 9.47 Å². The van der Waals surface area contributed by atoms with Gasteiger partial charge in [0.05, 0.1) is 20.1 Å². The molecule has 0 amide bonds. The number of hydrogen-bond donors (Lipinski definition) is 1. The monoisotopic (exact) mass is 287 g/mol. The van der Waals surface area contributed by atoms with Gasteiger partial charge in [0.15, 0.2) is 0 Å². The van der Waals surface area contributed by atoms with Gasteiger partial charge in [-0.3, -0.25) is 4.79 Å². The van der Waals surface area contributed by atoms with Crippen LogP contribution in [0.3, 0.4) is 0 Å². The molecule has 0 aliphatic carbocycles. The molecule has 4 nitrogen and oxygen atoms in total. The SMILES string of the molecule is CCOC(=O)CC(NC)c1ccc(OC)c2ccccc12. The molecule has 0 aliphatic heterocycles. The summed E-state index contributed by atoms with van der Waals surface area (Å²) in [5, 5.41) is 5.32. The average Bonchev–Trinajstić information content (AvgIpc) is 2.52. The van der Waals surface area contributed by atoms with Crippen LogP contribution in [0.4, 0.5) is 0 Å². The van der Waals surface area contributed by atoms with E-state index in [1.165, 1.54) is 0 Å². The van der Waals surface area contributed by atoms with Crippen molar-refractivity contribution in [1.82, 2.24) is 5.32 Å². The summed E-state index contributed by atoms with van der Waals surface area (Å²) in [7, 11) is 3.51. The third-order valence-corrected chi connectivity index (χ3v) is 3.54. The van der Waals surface area contributed by atoms with Crippen LogP contribution in [0.25, 0.3) is 10.8 Å². The summed E-state index contributed by atoms with van der Waals surface area (Å²) in [5.41, 5.74) is 1.07. The number of benzene rings is 2. The molecule has 0 aromatic heterocycles. The van der Waals surface area contributed by atoms with E-state index in [1.807, 2.05) is 50.4 Å². The van der Waals surface area contributed by atoms with Crippen molar-refractivity contribution in [1.29, 1.82) is 0 Å². The van der Waals surface area contributed by atoms with Crippen molar-refractivity contribution in [3.05, 3.63) is 42.0 Å². The highest BCUT2D eigenvalue weighted by atomic mass is 16.5. The highest BCUT2D eigenvalue weighted by molar-refractivity contribution is 5.91. The zero-order chi connectivity index (χ0) is 15.2. The van der Waals surface area contributed by atoms with Crippen LogP contribution < -0.4 is 10.1 Å². The Morgan fingerprint density at radius 1 is 1.19 bits per heavy atom. The maximum absolute atomic E-state index is 11.8. The van der Waals surface area contributed by atoms with E-state index in [1.54, 1.807) is 7.11 Å². The number of carbonyl (C=O) groups is 1. The first kappa shape index (κ1) is 15.3. The summed E-state index contributed by atoms with van der Waals surface area (Å²) < 4.78 is 10.5. The van der Waals surface area contributed by atoms with Crippen LogP contribution in [0.2, 0.25) is 0 Å². The van der Waals surface area contributed by atoms with Crippen molar-refractivity contribution in [3.63, 3.8) is 0 Å². The minimum absolute atomic E-state index is 0.0835. The molecular formula is C17H21NO3. The summed E-state index contributed by atoms with van der Waals surface area (Å²) in [6, 6.07) is 11.9. The van der Waals surface area contributed by atoms with Gasteiger partial charge in [0.2, 0.25) is 0 Å². The van der Waals surface area contributed by atoms with Gasteiger partial charge in [-0.2, -0.15) is 0 Å². The van der Waals surface area contributed by atoms with Gasteiger partial charge in [-0.25, -0.2) is 0 Å². The van der Waals surface area contributed by atoms with Crippen LogP contribution in [0.1, 0.15) is 24.9 Å². The van der Waals surface area contributed by atoms with Gasteiger partial charge in [-0.05, 0) is 31.0 Å². The molecule has 0 radical (unpaired) electrons. The topological polar surface area (TPSA) is 47.6 Å². The van der Waals surface area contributed by atoms with Crippen molar-refractivity contribution in [2.24, 2.45) is 0 Å². The maximum atomic E-state index is 11.8. The van der Waals surface area contributed by atoms with E-state index in [9.17, 15) is 4.79 Å². The minimum Gasteiger partial charge on any atom is -0.496 e. The molecule has 0 aliphatic rings. The highest BCUT2D eigenvalue weighted by Gasteiger charge is 2.18. The van der Waals surface area contributed by atoms with Crippen LogP contribution in [0.5, 0.6) is 5.75 Å². The fraction of sp³-hybridized carbons (Fsp3) is 0.353. The van der Waals surface area contributed by atoms with E-state index >= 15 is 0 Å². The van der Waals surface area contributed by atoms with Crippen LogP contribution in [0.15, 0.2) is 36.4 Å². The van der Waals surface area contributed by atoms with Gasteiger partial charge in [0.25, 0.3) is 0 Å². The standard InChI is InChI=1S/C17H21NO3/c1-4-21-17(19)11-15(18-2)13-9-10-16(20-3)14-8-6-5-7-12(13)14/h5-10,15,18H,4,11H2,1-3H3. The predicted octanol–water partition coefficient (Wildman–Crippen LogP) is 3.06. The second-order valence-electron chi connectivity index (χ2n) is 4.75. The lowest BCUT2D eigenvalue weighted by Crippen LogP contribution is -2.21. The normalized spacial score (nSPS) is 12.1. The lowest BCUT2D eigenvalue weighted by Gasteiger charge is -2.19. The van der Waals surface area contributed by atoms with Gasteiger partial charge in [-0.15, -0.1) is 0 Å². The smallest absolute Gasteiger partial charge is 0.307 e. The Balaban J connectivity index is 2.42. The predicted molar refractivity (Wildman–Crippen MR) is 83.6 cm³/mol. The Bertz CT molecular complexity index is 624. The summed E-state index contributed by atoms with van der Waals surface area (Å²) in [6.07, 6.45) is 0.306. The summed E-state index contributed by atoms with van der Waals surface area (Å²) in [4.78, 5) is 11.8. The second-order valence-corrected chi connectivity index (χ2v) is 4.75. The molecule has 1 unspecified atom stereocenters. The lowest BCUT2D eigenvalue weighted by atomic mass is 9.96. The molecule has 0 bridgehead atoms. The molecule has 4 heteroatoms. The molecule has 0 fully saturated rings. The van der Waals surface area contributed by atoms with E-state index in [0.717, 1.165) is 22.1 Å². The molecule has 0 heterocycles. The lowest BCUT2D eigenvalue weighted by molar-refractivity contribution is -0.143. The molecule has 0 saturated carbocycles. The molecular weight excluding hydrogens is 266 g/mol. The van der Waals surface area contributed by atoms with Gasteiger partial charge in [-0.1, -0.05) is 30.3 Å². The summed E-state index contributed by atoms with van der Waals surface area (Å²) >= 11 is 0. The molecule has 0 saturated heterocycles. The number of methoxy groups -OCH3 is 1. The zero-order valence-electron chi connectivity index (χ0n) is 12.7. The maximum Gasteiger partial charge on any atom is 0.307 e. The quantitative estimate of drug-likeness (QED) is 0.830. The molecule has 1 N–H and O–H groups in total. The zero-order valence-corrected chi connectivity index (χ0v) is 12.7. The Labute approximate surface area is 125 Å². The van der Waals surface area contributed by atoms with Gasteiger partial charge in [0.1, 0.15) is 5.75 Å². The van der Waals surface area contributed by atoms with Crippen molar-refractivity contribution in [2.75, 3.05) is 20.8 Å². The van der Waals surface area contributed by atoms with Gasteiger partial charge >= 0.3 is 5.97 Å². The van der Waals surface area contributed by atoms with Crippen LogP contribution in [0, 0.1) is 0 Å². The molecule has 0 spiro atoms. The van der Waals surface area contributed by atoms with Crippen LogP contribution in [-0.2, 0) is 9.53 Å². The number of carbonyl (C=O) groups excluding carboxylic acids is 1. The summed E-state index contributed by atoms with van der Waals surface area (Å²) in [6.45, 7) is 2.22. The van der Waals surface area contributed by atoms with Crippen LogP contribution in [-0.4, -0.2) is 26.7 Å². The molecule has 2 aromatic rings. The number of hydrogen-bond acceptors (Lipinski definition) is 4. The van der Waals surface area contributed by atoms with E-state index in [0.29, 0.717) is 13.0 Å². The highest BCUT2D eigenvalue weighted by Crippen LogP contribution is 2.32. The van der Waals surface area contributed by atoms with Crippen molar-refractivity contribution < 1.29 is 14.3 Å². The average molecular weight is 287 g/mol. The third-order valence-electron chi connectivity index (χ3n) is 3.54. The molecule has 1 atom stereocenters. The first-order valence-corrected chi connectivity index (χ1v) is 7.09. The largest absolute Gasteiger partial charge is 0.496 e. The number of esters is 1. The van der Waals surface area contributed by atoms with Crippen LogP contribution >= 0.6 is 0 Å². The summed E-state index contributed by atoms with van der Waals surface area (Å²) in [5.74, 6) is 0.636. The van der Waals surface area contributed by atoms with E-state index in [-0.39, 0.29) is 12.0 Å². The van der Waals surface area contributed by atoms with Crippen molar-refractivity contribution in [2.45, 2.75) is 19.4 Å². The molecule has 21 heavy (non-hydrogen) atoms. The second kappa shape index (κ2) is 7.09. The Morgan fingerprint density at radius 3 is 2.52 bits per heavy atom. The fourth-order valence-corrected chi connectivity index (χ4v) is 2.53. The van der Waals surface area contributed by atoms with E-state index < -0.39 is 0 Å². The van der Waals surface area contributed by atoms with Crippen molar-refractivity contribution in [3.8, 4) is 5.75 Å². The van der Waals surface area contributed by atoms with E-state index in [2.05, 4.69) is 5.32 Å². The first-order valence-electron chi connectivity index (χ1n) is 7.09. The molecule has 2 aromatic carbocycles. The Morgan fingerprint density at radius 2 is 1.90 bits per heavy atom. The Kier molecular flexibility index (Phi) is 5.17. The van der Waals surface area contributed by atoms with Gasteiger partial charge in [0, 0.05) is 11.4 Å². The third kappa shape index (κ3) is 3.34. The molecule has 112 valence electrons. The number of fused-ring (bicyclic) bond motifs is 1. The number of nitrogens with one attached hydrogen (secondary N) is 1. The minimum atomic E-state index is -0.197. The van der Waals surface area contributed by atoms with Crippen molar-refractivity contribution >= 4 is 16.7 Å². The molecule has 2 rings (SSSR count). The number of ether oxygens (including phenoxy) is 2. The first-order chi connectivity index (χ1) is 10.2. The fourth-order valence-electron chi connectivity index (χ4n) is 2.53. The van der Waals surface area contributed by atoms with Gasteiger partial charge < -0.3 is 14.8 Å². The number of rotatable bonds is 6.